The van der Waals surface area contributed by atoms with E-state index in [2.05, 4.69) is 18.8 Å². The highest BCUT2D eigenvalue weighted by molar-refractivity contribution is 7.59. The SMILES string of the molecule is CC#Cc1ccc(C(=O)Oc2ccc(-c3ccc(C(=O)OCC(C)CC)cc3)cc2)cc1F.S. The third kappa shape index (κ3) is 6.97. The predicted molar refractivity (Wildman–Crippen MR) is 136 cm³/mol. The molecule has 0 bridgehead atoms. The fourth-order valence-corrected chi connectivity index (χ4v) is 2.98. The molecule has 6 heteroatoms. The number of carbonyl (C=O) groups excluding carboxylic acids is 2. The molecule has 0 saturated carbocycles. The maximum atomic E-state index is 14.0. The van der Waals surface area contributed by atoms with Gasteiger partial charge in [0.2, 0.25) is 0 Å². The van der Waals surface area contributed by atoms with Crippen molar-refractivity contribution in [3.8, 4) is 28.7 Å². The van der Waals surface area contributed by atoms with Gasteiger partial charge in [-0.15, -0.1) is 5.92 Å². The molecule has 0 heterocycles. The molecule has 0 amide bonds. The van der Waals surface area contributed by atoms with Crippen molar-refractivity contribution in [3.63, 3.8) is 0 Å². The quantitative estimate of drug-likeness (QED) is 0.224. The number of rotatable bonds is 7. The molecule has 0 aliphatic carbocycles. The molecule has 4 nitrogen and oxygen atoms in total. The largest absolute Gasteiger partial charge is 0.462 e. The van der Waals surface area contributed by atoms with Gasteiger partial charge in [-0.2, -0.15) is 13.5 Å². The Balaban J connectivity index is 0.00000408. The lowest BCUT2D eigenvalue weighted by atomic mass is 10.0. The molecule has 1 atom stereocenters. The topological polar surface area (TPSA) is 52.6 Å². The van der Waals surface area contributed by atoms with Gasteiger partial charge >= 0.3 is 11.9 Å². The predicted octanol–water partition coefficient (Wildman–Crippen LogP) is 6.40. The Morgan fingerprint density at radius 3 is 2.06 bits per heavy atom. The number of ether oxygens (including phenoxy) is 2. The van der Waals surface area contributed by atoms with Crippen molar-refractivity contribution in [1.29, 1.82) is 0 Å². The van der Waals surface area contributed by atoms with Gasteiger partial charge in [0.1, 0.15) is 11.6 Å². The Kier molecular flexibility index (Phi) is 9.91. The summed E-state index contributed by atoms with van der Waals surface area (Å²) in [5.74, 6) is 4.36. The fraction of sp³-hybridized carbons (Fsp3) is 0.214. The van der Waals surface area contributed by atoms with Crippen molar-refractivity contribution in [1.82, 2.24) is 0 Å². The number of esters is 2. The van der Waals surface area contributed by atoms with Gasteiger partial charge in [-0.3, -0.25) is 0 Å². The highest BCUT2D eigenvalue weighted by atomic mass is 32.1. The van der Waals surface area contributed by atoms with E-state index in [1.807, 2.05) is 19.1 Å². The van der Waals surface area contributed by atoms with Crippen LogP contribution in [0.15, 0.2) is 66.7 Å². The Bertz CT molecular complexity index is 1190. The highest BCUT2D eigenvalue weighted by Crippen LogP contribution is 2.24. The molecule has 0 N–H and O–H groups in total. The van der Waals surface area contributed by atoms with E-state index in [0.717, 1.165) is 23.6 Å². The number of hydrogen-bond acceptors (Lipinski definition) is 4. The van der Waals surface area contributed by atoms with Crippen LogP contribution in [0.5, 0.6) is 5.75 Å². The van der Waals surface area contributed by atoms with Gasteiger partial charge in [-0.05, 0) is 66.4 Å². The zero-order chi connectivity index (χ0) is 23.8. The minimum absolute atomic E-state index is 0. The molecule has 0 aliphatic heterocycles. The molecule has 3 aromatic carbocycles. The van der Waals surface area contributed by atoms with Gasteiger partial charge in [0.05, 0.1) is 23.3 Å². The van der Waals surface area contributed by atoms with Crippen LogP contribution in [-0.2, 0) is 4.74 Å². The van der Waals surface area contributed by atoms with Crippen molar-refractivity contribution < 1.29 is 23.5 Å². The molecule has 3 aromatic rings. The first-order chi connectivity index (χ1) is 15.9. The number of hydrogen-bond donors (Lipinski definition) is 0. The molecule has 0 fully saturated rings. The minimum atomic E-state index is -0.655. The van der Waals surface area contributed by atoms with Crippen LogP contribution in [0, 0.1) is 23.6 Å². The van der Waals surface area contributed by atoms with Crippen LogP contribution in [0.2, 0.25) is 0 Å². The van der Waals surface area contributed by atoms with Gasteiger partial charge in [0, 0.05) is 0 Å². The Labute approximate surface area is 206 Å². The summed E-state index contributed by atoms with van der Waals surface area (Å²) in [6, 6.07) is 18.1. The molecule has 1 unspecified atom stereocenters. The molecular weight excluding hydrogens is 451 g/mol. The lowest BCUT2D eigenvalue weighted by molar-refractivity contribution is 0.0447. The van der Waals surface area contributed by atoms with Crippen molar-refractivity contribution in [3.05, 3.63) is 89.2 Å². The molecule has 176 valence electrons. The summed E-state index contributed by atoms with van der Waals surface area (Å²) < 4.78 is 24.7. The molecule has 0 aliphatic rings. The van der Waals surface area contributed by atoms with E-state index in [4.69, 9.17) is 9.47 Å². The summed E-state index contributed by atoms with van der Waals surface area (Å²) in [4.78, 5) is 24.5. The molecule has 0 radical (unpaired) electrons. The highest BCUT2D eigenvalue weighted by Gasteiger charge is 2.12. The van der Waals surface area contributed by atoms with Gasteiger partial charge in [0.15, 0.2) is 0 Å². The van der Waals surface area contributed by atoms with Crippen LogP contribution >= 0.6 is 13.5 Å². The van der Waals surface area contributed by atoms with E-state index < -0.39 is 11.8 Å². The second-order valence-electron chi connectivity index (χ2n) is 7.67. The molecule has 0 aromatic heterocycles. The summed E-state index contributed by atoms with van der Waals surface area (Å²) in [6.07, 6.45) is 0.953. The van der Waals surface area contributed by atoms with Crippen molar-refractivity contribution in [2.75, 3.05) is 6.61 Å². The summed E-state index contributed by atoms with van der Waals surface area (Å²) in [5.41, 5.74) is 2.63. The number of carbonyl (C=O) groups is 2. The lowest BCUT2D eigenvalue weighted by Crippen LogP contribution is -2.11. The Hall–Kier alpha value is -3.56. The van der Waals surface area contributed by atoms with E-state index in [0.29, 0.717) is 23.8 Å². The smallest absolute Gasteiger partial charge is 0.343 e. The van der Waals surface area contributed by atoms with Crippen LogP contribution in [0.25, 0.3) is 11.1 Å². The molecular formula is C28H27FO4S. The van der Waals surface area contributed by atoms with Crippen molar-refractivity contribution in [2.45, 2.75) is 27.2 Å². The number of benzene rings is 3. The monoisotopic (exact) mass is 478 g/mol. The molecule has 34 heavy (non-hydrogen) atoms. The summed E-state index contributed by atoms with van der Waals surface area (Å²) in [6.45, 7) is 6.11. The van der Waals surface area contributed by atoms with Gasteiger partial charge in [-0.25, -0.2) is 14.0 Å². The average Bonchev–Trinajstić information content (AvgIpc) is 2.84. The first-order valence-corrected chi connectivity index (χ1v) is 10.7. The number of halogens is 1. The van der Waals surface area contributed by atoms with Crippen LogP contribution in [0.3, 0.4) is 0 Å². The standard InChI is InChI=1S/C28H25FO4.H2S/c1-4-6-22-9-12-24(17-26(22)29)28(31)33-25-15-13-21(14-16-25)20-7-10-23(11-8-20)27(30)32-18-19(3)5-2;/h7-17,19H,5,18H2,1-3H3;1H2. The zero-order valence-electron chi connectivity index (χ0n) is 19.4. The second kappa shape index (κ2) is 12.6. The molecule has 0 spiro atoms. The third-order valence-electron chi connectivity index (χ3n) is 5.18. The summed E-state index contributed by atoms with van der Waals surface area (Å²) in [5, 5.41) is 0. The van der Waals surface area contributed by atoms with E-state index in [9.17, 15) is 14.0 Å². The zero-order valence-corrected chi connectivity index (χ0v) is 20.4. The second-order valence-corrected chi connectivity index (χ2v) is 7.67. The maximum Gasteiger partial charge on any atom is 0.343 e. The van der Waals surface area contributed by atoms with E-state index in [-0.39, 0.29) is 30.6 Å². The van der Waals surface area contributed by atoms with Crippen LogP contribution in [0.4, 0.5) is 4.39 Å². The summed E-state index contributed by atoms with van der Waals surface area (Å²) in [7, 11) is 0. The van der Waals surface area contributed by atoms with E-state index in [1.165, 1.54) is 12.1 Å². The maximum absolute atomic E-state index is 14.0. The fourth-order valence-electron chi connectivity index (χ4n) is 2.98. The summed E-state index contributed by atoms with van der Waals surface area (Å²) >= 11 is 0. The third-order valence-corrected chi connectivity index (χ3v) is 5.18. The Morgan fingerprint density at radius 2 is 1.50 bits per heavy atom. The van der Waals surface area contributed by atoms with Crippen LogP contribution in [-0.4, -0.2) is 18.5 Å². The van der Waals surface area contributed by atoms with Gasteiger partial charge in [0.25, 0.3) is 0 Å². The molecule has 0 saturated heterocycles. The Morgan fingerprint density at radius 1 is 0.912 bits per heavy atom. The average molecular weight is 479 g/mol. The first-order valence-electron chi connectivity index (χ1n) is 10.7. The minimum Gasteiger partial charge on any atom is -0.462 e. The van der Waals surface area contributed by atoms with Gasteiger partial charge in [-0.1, -0.05) is 50.5 Å². The van der Waals surface area contributed by atoms with Crippen molar-refractivity contribution in [2.24, 2.45) is 5.92 Å². The normalized spacial score (nSPS) is 10.8. The van der Waals surface area contributed by atoms with E-state index >= 15 is 0 Å². The van der Waals surface area contributed by atoms with Gasteiger partial charge < -0.3 is 9.47 Å². The molecule has 3 rings (SSSR count). The van der Waals surface area contributed by atoms with E-state index in [1.54, 1.807) is 43.3 Å². The van der Waals surface area contributed by atoms with Crippen LogP contribution in [0.1, 0.15) is 53.5 Å². The van der Waals surface area contributed by atoms with Crippen molar-refractivity contribution >= 4 is 25.4 Å². The first kappa shape index (κ1) is 26.7. The lowest BCUT2D eigenvalue weighted by Gasteiger charge is -2.10. The van der Waals surface area contributed by atoms with Crippen LogP contribution < -0.4 is 4.74 Å².